The van der Waals surface area contributed by atoms with Gasteiger partial charge in [-0.2, -0.15) is 11.8 Å². The number of nitrogens with one attached hydrogen (secondary N) is 1. The van der Waals surface area contributed by atoms with E-state index in [9.17, 15) is 5.11 Å². The Morgan fingerprint density at radius 3 is 2.91 bits per heavy atom. The second kappa shape index (κ2) is 4.33. The summed E-state index contributed by atoms with van der Waals surface area (Å²) in [6.07, 6.45) is 4.41. The minimum atomic E-state index is 0.211. The van der Waals surface area contributed by atoms with Crippen LogP contribution >= 0.6 is 11.8 Å². The Labute approximate surface area is 72.8 Å². The second-order valence-electron chi connectivity index (χ2n) is 3.33. The van der Waals surface area contributed by atoms with Crippen LogP contribution in [0.15, 0.2) is 0 Å². The predicted molar refractivity (Wildman–Crippen MR) is 50.0 cm³/mol. The molecule has 0 radical (unpaired) electrons. The second-order valence-corrected chi connectivity index (χ2v) is 4.31. The Bertz CT molecular complexity index is 113. The van der Waals surface area contributed by atoms with Crippen LogP contribution in [0, 0.1) is 5.41 Å². The van der Waals surface area contributed by atoms with Crippen LogP contribution in [-0.4, -0.2) is 36.8 Å². The highest BCUT2D eigenvalue weighted by molar-refractivity contribution is 7.98. The number of aliphatic hydroxyl groups is 1. The first-order valence-corrected chi connectivity index (χ1v) is 5.53. The zero-order valence-corrected chi connectivity index (χ0v) is 7.91. The van der Waals surface area contributed by atoms with Crippen molar-refractivity contribution in [3.63, 3.8) is 0 Å². The van der Waals surface area contributed by atoms with Crippen LogP contribution in [0.25, 0.3) is 0 Å². The molecule has 0 bridgehead atoms. The van der Waals surface area contributed by atoms with Crippen molar-refractivity contribution < 1.29 is 5.11 Å². The van der Waals surface area contributed by atoms with E-state index in [1.807, 2.05) is 11.8 Å². The molecule has 0 aromatic rings. The van der Waals surface area contributed by atoms with Crippen molar-refractivity contribution in [2.24, 2.45) is 5.41 Å². The third-order valence-electron chi connectivity index (χ3n) is 2.50. The summed E-state index contributed by atoms with van der Waals surface area (Å²) in [4.78, 5) is 0. The van der Waals surface area contributed by atoms with Crippen LogP contribution in [0.1, 0.15) is 12.8 Å². The molecular weight excluding hydrogens is 158 g/mol. The normalized spacial score (nSPS) is 31.1. The predicted octanol–water partition coefficient (Wildman–Crippen LogP) is 0.711. The average molecular weight is 175 g/mol. The Kier molecular flexibility index (Phi) is 3.69. The van der Waals surface area contributed by atoms with Crippen LogP contribution in [0.3, 0.4) is 0 Å². The third-order valence-corrected chi connectivity index (χ3v) is 3.12. The Morgan fingerprint density at radius 1 is 1.64 bits per heavy atom. The molecule has 1 atom stereocenters. The fraction of sp³-hybridized carbons (Fsp3) is 1.00. The molecule has 0 amide bonds. The Balaban J connectivity index is 2.33. The highest BCUT2D eigenvalue weighted by Crippen LogP contribution is 2.29. The van der Waals surface area contributed by atoms with Gasteiger partial charge in [0.2, 0.25) is 0 Å². The van der Waals surface area contributed by atoms with E-state index >= 15 is 0 Å². The minimum Gasteiger partial charge on any atom is -0.396 e. The third kappa shape index (κ3) is 2.36. The molecule has 1 unspecified atom stereocenters. The lowest BCUT2D eigenvalue weighted by Gasteiger charge is -2.24. The number of hydrogen-bond acceptors (Lipinski definition) is 3. The summed E-state index contributed by atoms with van der Waals surface area (Å²) >= 11 is 1.86. The molecule has 0 aromatic heterocycles. The van der Waals surface area contributed by atoms with Crippen molar-refractivity contribution in [3.8, 4) is 0 Å². The molecule has 11 heavy (non-hydrogen) atoms. The number of thioether (sulfide) groups is 1. The van der Waals surface area contributed by atoms with Gasteiger partial charge in [-0.05, 0) is 31.4 Å². The lowest BCUT2D eigenvalue weighted by atomic mass is 9.85. The lowest BCUT2D eigenvalue weighted by molar-refractivity contribution is 0.140. The van der Waals surface area contributed by atoms with Gasteiger partial charge >= 0.3 is 0 Å². The SMILES string of the molecule is CSCCC1(CO)CCNC1. The summed E-state index contributed by atoms with van der Waals surface area (Å²) in [5, 5.41) is 12.5. The first kappa shape index (κ1) is 9.36. The highest BCUT2D eigenvalue weighted by atomic mass is 32.2. The van der Waals surface area contributed by atoms with Gasteiger partial charge in [-0.15, -0.1) is 0 Å². The smallest absolute Gasteiger partial charge is 0.0500 e. The zero-order valence-electron chi connectivity index (χ0n) is 7.10. The standard InChI is InChI=1S/C8H17NOS/c1-11-5-3-8(7-10)2-4-9-6-8/h9-10H,2-7H2,1H3. The van der Waals surface area contributed by atoms with E-state index in [0.717, 1.165) is 25.9 Å². The maximum atomic E-state index is 9.19. The Hall–Kier alpha value is 0.270. The molecule has 1 aliphatic heterocycles. The van der Waals surface area contributed by atoms with Crippen LogP contribution < -0.4 is 5.32 Å². The van der Waals surface area contributed by atoms with Crippen LogP contribution in [0.5, 0.6) is 0 Å². The highest BCUT2D eigenvalue weighted by Gasteiger charge is 2.32. The van der Waals surface area contributed by atoms with E-state index in [1.54, 1.807) is 0 Å². The van der Waals surface area contributed by atoms with E-state index in [2.05, 4.69) is 11.6 Å². The summed E-state index contributed by atoms with van der Waals surface area (Å²) in [5.74, 6) is 1.17. The molecule has 0 saturated carbocycles. The van der Waals surface area contributed by atoms with Gasteiger partial charge < -0.3 is 10.4 Å². The zero-order chi connectivity index (χ0) is 8.16. The summed E-state index contributed by atoms with van der Waals surface area (Å²) < 4.78 is 0. The van der Waals surface area contributed by atoms with Crippen molar-refractivity contribution in [1.29, 1.82) is 0 Å². The van der Waals surface area contributed by atoms with Crippen molar-refractivity contribution >= 4 is 11.8 Å². The summed E-state index contributed by atoms with van der Waals surface area (Å²) in [6, 6.07) is 0. The van der Waals surface area contributed by atoms with Crippen LogP contribution in [-0.2, 0) is 0 Å². The van der Waals surface area contributed by atoms with E-state index < -0.39 is 0 Å². The molecule has 0 aliphatic carbocycles. The monoisotopic (exact) mass is 175 g/mol. The molecule has 1 heterocycles. The fourth-order valence-electron chi connectivity index (χ4n) is 1.54. The number of rotatable bonds is 4. The lowest BCUT2D eigenvalue weighted by Crippen LogP contribution is -2.28. The molecule has 2 nitrogen and oxygen atoms in total. The molecule has 3 heteroatoms. The molecule has 0 aromatic carbocycles. The van der Waals surface area contributed by atoms with E-state index in [-0.39, 0.29) is 5.41 Å². The van der Waals surface area contributed by atoms with Gasteiger partial charge in [0.1, 0.15) is 0 Å². The van der Waals surface area contributed by atoms with Crippen LogP contribution in [0.4, 0.5) is 0 Å². The quantitative estimate of drug-likeness (QED) is 0.660. The molecule has 1 rings (SSSR count). The largest absolute Gasteiger partial charge is 0.396 e. The van der Waals surface area contributed by atoms with Gasteiger partial charge in [0.15, 0.2) is 0 Å². The van der Waals surface area contributed by atoms with Gasteiger partial charge in [-0.1, -0.05) is 0 Å². The van der Waals surface area contributed by atoms with E-state index in [1.165, 1.54) is 5.75 Å². The summed E-state index contributed by atoms with van der Waals surface area (Å²) in [5.41, 5.74) is 0.211. The van der Waals surface area contributed by atoms with Crippen molar-refractivity contribution in [3.05, 3.63) is 0 Å². The average Bonchev–Trinajstić information content (AvgIpc) is 2.50. The van der Waals surface area contributed by atoms with Crippen molar-refractivity contribution in [1.82, 2.24) is 5.32 Å². The number of aliphatic hydroxyl groups excluding tert-OH is 1. The molecule has 2 N–H and O–H groups in total. The van der Waals surface area contributed by atoms with Gasteiger partial charge in [0.25, 0.3) is 0 Å². The molecule has 1 fully saturated rings. The molecule has 1 saturated heterocycles. The minimum absolute atomic E-state index is 0.211. The first-order chi connectivity index (χ1) is 5.33. The molecule has 0 spiro atoms. The van der Waals surface area contributed by atoms with E-state index in [4.69, 9.17) is 0 Å². The Morgan fingerprint density at radius 2 is 2.45 bits per heavy atom. The summed E-state index contributed by atoms with van der Waals surface area (Å²) in [7, 11) is 0. The first-order valence-electron chi connectivity index (χ1n) is 4.13. The van der Waals surface area contributed by atoms with E-state index in [0.29, 0.717) is 6.61 Å². The fourth-order valence-corrected chi connectivity index (χ4v) is 2.18. The maximum Gasteiger partial charge on any atom is 0.0500 e. The van der Waals surface area contributed by atoms with Gasteiger partial charge in [0, 0.05) is 18.6 Å². The maximum absolute atomic E-state index is 9.19. The molecule has 1 aliphatic rings. The molecule has 66 valence electrons. The molecular formula is C8H17NOS. The summed E-state index contributed by atoms with van der Waals surface area (Å²) in [6.45, 7) is 2.43. The van der Waals surface area contributed by atoms with Crippen molar-refractivity contribution in [2.75, 3.05) is 31.7 Å². The van der Waals surface area contributed by atoms with Crippen LogP contribution in [0.2, 0.25) is 0 Å². The van der Waals surface area contributed by atoms with Crippen molar-refractivity contribution in [2.45, 2.75) is 12.8 Å². The van der Waals surface area contributed by atoms with Gasteiger partial charge in [-0.25, -0.2) is 0 Å². The topological polar surface area (TPSA) is 32.3 Å². The van der Waals surface area contributed by atoms with Gasteiger partial charge in [-0.3, -0.25) is 0 Å². The van der Waals surface area contributed by atoms with Gasteiger partial charge in [0.05, 0.1) is 0 Å². The number of hydrogen-bond donors (Lipinski definition) is 2.